The van der Waals surface area contributed by atoms with E-state index in [-0.39, 0.29) is 11.4 Å². The molecule has 104 valence electrons. The molecule has 0 aliphatic carbocycles. The fraction of sp³-hybridized carbons (Fsp3) is 0.462. The Balaban J connectivity index is 2.15. The van der Waals surface area contributed by atoms with Crippen LogP contribution < -0.4 is 5.32 Å². The van der Waals surface area contributed by atoms with E-state index in [9.17, 15) is 4.79 Å². The first-order valence-electron chi connectivity index (χ1n) is 5.98. The van der Waals surface area contributed by atoms with Crippen LogP contribution in [-0.4, -0.2) is 30.0 Å². The van der Waals surface area contributed by atoms with Gasteiger partial charge in [0.15, 0.2) is 0 Å². The minimum Gasteiger partial charge on any atom is -0.381 e. The minimum atomic E-state index is -0.244. The first-order chi connectivity index (χ1) is 9.06. The number of hydrogen-bond acceptors (Lipinski definition) is 2. The lowest BCUT2D eigenvalue weighted by molar-refractivity contribution is 0.0442. The quantitative estimate of drug-likeness (QED) is 0.769. The molecule has 1 N–H and O–H groups in total. The maximum atomic E-state index is 12.3. The van der Waals surface area contributed by atoms with Crippen molar-refractivity contribution in [3.63, 3.8) is 0 Å². The number of halogens is 3. The molecular weight excluding hydrogens is 397 g/mol. The Hall–Kier alpha value is -0.100. The van der Waals surface area contributed by atoms with E-state index < -0.39 is 0 Å². The van der Waals surface area contributed by atoms with Crippen molar-refractivity contribution in [3.05, 3.63) is 33.3 Å². The van der Waals surface area contributed by atoms with Gasteiger partial charge >= 0.3 is 0 Å². The number of carbonyl (C=O) groups excluding carboxylic acids is 1. The third-order valence-electron chi connectivity index (χ3n) is 3.26. The summed E-state index contributed by atoms with van der Waals surface area (Å²) in [5.74, 6) is -0.140. The highest BCUT2D eigenvalue weighted by Gasteiger charge is 2.33. The number of amides is 1. The molecule has 0 radical (unpaired) electrons. The SMILES string of the molecule is O=C(NC1(CBr)CCOCC1)c1ccc(Br)cc1Cl. The summed E-state index contributed by atoms with van der Waals surface area (Å²) >= 11 is 12.9. The summed E-state index contributed by atoms with van der Waals surface area (Å²) in [7, 11) is 0. The largest absolute Gasteiger partial charge is 0.381 e. The second kappa shape index (κ2) is 6.57. The maximum Gasteiger partial charge on any atom is 0.253 e. The Bertz CT molecular complexity index is 476. The first-order valence-corrected chi connectivity index (χ1v) is 8.27. The van der Waals surface area contributed by atoms with Crippen LogP contribution in [0.15, 0.2) is 22.7 Å². The second-order valence-corrected chi connectivity index (χ2v) is 6.49. The molecule has 1 aliphatic rings. The van der Waals surface area contributed by atoms with Crippen LogP contribution in [0.25, 0.3) is 0 Å². The number of hydrogen-bond donors (Lipinski definition) is 1. The molecule has 1 saturated heterocycles. The highest BCUT2D eigenvalue weighted by molar-refractivity contribution is 9.10. The summed E-state index contributed by atoms with van der Waals surface area (Å²) in [4.78, 5) is 12.3. The number of rotatable bonds is 3. The lowest BCUT2D eigenvalue weighted by atomic mass is 9.92. The summed E-state index contributed by atoms with van der Waals surface area (Å²) in [6, 6.07) is 5.26. The number of ether oxygens (including phenoxy) is 1. The third kappa shape index (κ3) is 3.72. The van der Waals surface area contributed by atoms with Gasteiger partial charge in [-0.15, -0.1) is 0 Å². The van der Waals surface area contributed by atoms with Gasteiger partial charge < -0.3 is 10.1 Å². The van der Waals surface area contributed by atoms with Crippen LogP contribution in [-0.2, 0) is 4.74 Å². The molecule has 0 atom stereocenters. The van der Waals surface area contributed by atoms with E-state index in [1.165, 1.54) is 0 Å². The third-order valence-corrected chi connectivity index (χ3v) is 5.14. The molecule has 19 heavy (non-hydrogen) atoms. The Morgan fingerprint density at radius 3 is 2.68 bits per heavy atom. The molecule has 1 aromatic rings. The standard InChI is InChI=1S/C13H14Br2ClNO2/c14-8-13(3-5-19-6-4-13)17-12(18)10-2-1-9(15)7-11(10)16/h1-2,7H,3-6,8H2,(H,17,18). The van der Waals surface area contributed by atoms with Gasteiger partial charge in [0.25, 0.3) is 5.91 Å². The molecule has 0 bridgehead atoms. The van der Waals surface area contributed by atoms with Crippen LogP contribution >= 0.6 is 43.5 Å². The summed E-state index contributed by atoms with van der Waals surface area (Å²) in [5.41, 5.74) is 0.253. The van der Waals surface area contributed by atoms with Gasteiger partial charge in [0, 0.05) is 23.0 Å². The lowest BCUT2D eigenvalue weighted by Crippen LogP contribution is -2.53. The molecule has 0 aromatic heterocycles. The molecule has 2 rings (SSSR count). The fourth-order valence-electron chi connectivity index (χ4n) is 2.04. The van der Waals surface area contributed by atoms with Crippen LogP contribution in [0.2, 0.25) is 5.02 Å². The zero-order valence-corrected chi connectivity index (χ0v) is 14.1. The van der Waals surface area contributed by atoms with E-state index in [0.29, 0.717) is 29.1 Å². The number of alkyl halides is 1. The van der Waals surface area contributed by atoms with E-state index in [1.54, 1.807) is 12.1 Å². The van der Waals surface area contributed by atoms with E-state index in [1.807, 2.05) is 6.07 Å². The van der Waals surface area contributed by atoms with Gasteiger partial charge in [-0.2, -0.15) is 0 Å². The van der Waals surface area contributed by atoms with E-state index in [0.717, 1.165) is 17.3 Å². The second-order valence-electron chi connectivity index (χ2n) is 4.60. The lowest BCUT2D eigenvalue weighted by Gasteiger charge is -2.36. The monoisotopic (exact) mass is 409 g/mol. The highest BCUT2D eigenvalue weighted by atomic mass is 79.9. The zero-order valence-electron chi connectivity index (χ0n) is 10.2. The van der Waals surface area contributed by atoms with Crippen LogP contribution in [0.3, 0.4) is 0 Å². The molecule has 0 unspecified atom stereocenters. The Kier molecular flexibility index (Phi) is 5.29. The molecule has 1 aromatic carbocycles. The van der Waals surface area contributed by atoms with Crippen molar-refractivity contribution < 1.29 is 9.53 Å². The zero-order chi connectivity index (χ0) is 13.9. The van der Waals surface area contributed by atoms with Crippen molar-refractivity contribution in [3.8, 4) is 0 Å². The van der Waals surface area contributed by atoms with E-state index >= 15 is 0 Å². The molecule has 1 fully saturated rings. The highest BCUT2D eigenvalue weighted by Crippen LogP contribution is 2.26. The molecule has 1 heterocycles. The van der Waals surface area contributed by atoms with Gasteiger partial charge in [0.05, 0.1) is 16.1 Å². The minimum absolute atomic E-state index is 0.140. The van der Waals surface area contributed by atoms with Crippen LogP contribution in [0.4, 0.5) is 0 Å². The number of nitrogens with one attached hydrogen (secondary N) is 1. The number of carbonyl (C=O) groups is 1. The molecule has 6 heteroatoms. The average Bonchev–Trinajstić information content (AvgIpc) is 2.39. The maximum absolute atomic E-state index is 12.3. The van der Waals surface area contributed by atoms with Gasteiger partial charge in [0.1, 0.15) is 0 Å². The first kappa shape index (κ1) is 15.3. The number of benzene rings is 1. The van der Waals surface area contributed by atoms with Crippen molar-refractivity contribution >= 4 is 49.4 Å². The Morgan fingerprint density at radius 1 is 1.42 bits per heavy atom. The van der Waals surface area contributed by atoms with Crippen molar-refractivity contribution in [2.75, 3.05) is 18.5 Å². The predicted octanol–water partition coefficient (Wildman–Crippen LogP) is 3.78. The van der Waals surface area contributed by atoms with Gasteiger partial charge in [-0.25, -0.2) is 0 Å². The predicted molar refractivity (Wildman–Crippen MR) is 83.2 cm³/mol. The van der Waals surface area contributed by atoms with E-state index in [4.69, 9.17) is 16.3 Å². The van der Waals surface area contributed by atoms with Crippen molar-refractivity contribution in [1.29, 1.82) is 0 Å². The summed E-state index contributed by atoms with van der Waals surface area (Å²) < 4.78 is 6.21. The summed E-state index contributed by atoms with van der Waals surface area (Å²) in [5, 5.41) is 4.25. The van der Waals surface area contributed by atoms with Gasteiger partial charge in [0.2, 0.25) is 0 Å². The van der Waals surface area contributed by atoms with Crippen molar-refractivity contribution in [1.82, 2.24) is 5.32 Å². The molecule has 1 amide bonds. The molecule has 1 aliphatic heterocycles. The normalized spacial score (nSPS) is 18.1. The van der Waals surface area contributed by atoms with Crippen molar-refractivity contribution in [2.45, 2.75) is 18.4 Å². The van der Waals surface area contributed by atoms with Crippen LogP contribution in [0.5, 0.6) is 0 Å². The van der Waals surface area contributed by atoms with Crippen LogP contribution in [0.1, 0.15) is 23.2 Å². The summed E-state index contributed by atoms with van der Waals surface area (Å²) in [6.45, 7) is 1.33. The fourth-order valence-corrected chi connectivity index (χ4v) is 3.50. The molecule has 3 nitrogen and oxygen atoms in total. The van der Waals surface area contributed by atoms with E-state index in [2.05, 4.69) is 37.2 Å². The Labute approximate surface area is 134 Å². The average molecular weight is 412 g/mol. The Morgan fingerprint density at radius 2 is 2.11 bits per heavy atom. The topological polar surface area (TPSA) is 38.3 Å². The molecule has 0 spiro atoms. The summed E-state index contributed by atoms with van der Waals surface area (Å²) in [6.07, 6.45) is 1.61. The van der Waals surface area contributed by atoms with Crippen molar-refractivity contribution in [2.24, 2.45) is 0 Å². The van der Waals surface area contributed by atoms with Gasteiger partial charge in [-0.1, -0.05) is 43.5 Å². The molecule has 0 saturated carbocycles. The van der Waals surface area contributed by atoms with Gasteiger partial charge in [-0.3, -0.25) is 4.79 Å². The smallest absolute Gasteiger partial charge is 0.253 e. The van der Waals surface area contributed by atoms with Crippen LogP contribution in [0, 0.1) is 0 Å². The van der Waals surface area contributed by atoms with Gasteiger partial charge in [-0.05, 0) is 31.0 Å². The molecular formula is C13H14Br2ClNO2.